The van der Waals surface area contributed by atoms with Crippen LogP contribution >= 0.6 is 34.4 Å². The fourth-order valence-corrected chi connectivity index (χ4v) is 2.65. The van der Waals surface area contributed by atoms with E-state index in [0.717, 1.165) is 21.7 Å². The molecule has 1 aromatic rings. The normalized spacial score (nSPS) is 16.5. The zero-order valence-corrected chi connectivity index (χ0v) is 9.89. The Balaban J connectivity index is 2.12. The highest BCUT2D eigenvalue weighted by atomic mass is 127. The first-order valence-corrected chi connectivity index (χ1v) is 6.21. The summed E-state index contributed by atoms with van der Waals surface area (Å²) in [6.45, 7) is 0.874. The zero-order chi connectivity index (χ0) is 9.26. The number of aromatic nitrogens is 1. The number of H-pyrrole nitrogens is 1. The van der Waals surface area contributed by atoms with Gasteiger partial charge in [-0.05, 0) is 28.7 Å². The lowest BCUT2D eigenvalue weighted by atomic mass is 10.4. The number of aromatic amines is 1. The van der Waals surface area contributed by atoms with Crippen molar-refractivity contribution < 1.29 is 4.79 Å². The minimum Gasteiger partial charge on any atom is -0.356 e. The number of nitrogens with one attached hydrogen (secondary N) is 1. The molecule has 0 radical (unpaired) electrons. The first kappa shape index (κ1) is 9.39. The topological polar surface area (TPSA) is 36.1 Å². The molecular formula is C8H9IN2OS. The van der Waals surface area contributed by atoms with E-state index in [1.807, 2.05) is 17.2 Å². The van der Waals surface area contributed by atoms with E-state index in [1.54, 1.807) is 11.8 Å². The molecule has 0 bridgehead atoms. The summed E-state index contributed by atoms with van der Waals surface area (Å²) in [7, 11) is 0. The number of rotatable bonds is 1. The van der Waals surface area contributed by atoms with Crippen molar-refractivity contribution in [3.63, 3.8) is 0 Å². The third-order valence-electron chi connectivity index (χ3n) is 1.92. The van der Waals surface area contributed by atoms with Gasteiger partial charge < -0.3 is 9.88 Å². The van der Waals surface area contributed by atoms with Gasteiger partial charge in [-0.3, -0.25) is 4.79 Å². The van der Waals surface area contributed by atoms with Crippen molar-refractivity contribution in [3.8, 4) is 0 Å². The van der Waals surface area contributed by atoms with Crippen molar-refractivity contribution in [1.82, 2.24) is 9.88 Å². The molecule has 0 spiro atoms. The summed E-state index contributed by atoms with van der Waals surface area (Å²) in [6, 6.07) is 1.88. The van der Waals surface area contributed by atoms with Gasteiger partial charge in [0.1, 0.15) is 5.69 Å². The van der Waals surface area contributed by atoms with E-state index in [0.29, 0.717) is 5.69 Å². The Morgan fingerprint density at radius 2 is 2.54 bits per heavy atom. The van der Waals surface area contributed by atoms with Crippen LogP contribution in [-0.2, 0) is 0 Å². The Labute approximate surface area is 94.4 Å². The second kappa shape index (κ2) is 3.91. The summed E-state index contributed by atoms with van der Waals surface area (Å²) in [5.41, 5.74) is 0.701. The summed E-state index contributed by atoms with van der Waals surface area (Å²) in [4.78, 5) is 16.6. The number of nitrogens with zero attached hydrogens (tertiary/aromatic N) is 1. The summed E-state index contributed by atoms with van der Waals surface area (Å²) in [5, 5.41) is 0. The number of carbonyl (C=O) groups excluding carboxylic acids is 1. The molecule has 3 nitrogen and oxygen atoms in total. The maximum Gasteiger partial charge on any atom is 0.271 e. The van der Waals surface area contributed by atoms with Crippen molar-refractivity contribution in [2.45, 2.75) is 0 Å². The number of thioether (sulfide) groups is 1. The van der Waals surface area contributed by atoms with E-state index in [-0.39, 0.29) is 5.91 Å². The van der Waals surface area contributed by atoms with Crippen molar-refractivity contribution in [2.24, 2.45) is 0 Å². The SMILES string of the molecule is O=C(c1cc(I)c[nH]1)N1CCSC1. The molecule has 5 heteroatoms. The molecule has 1 fully saturated rings. The molecule has 0 saturated carbocycles. The van der Waals surface area contributed by atoms with Crippen LogP contribution in [0.4, 0.5) is 0 Å². The van der Waals surface area contributed by atoms with Crippen LogP contribution in [0.25, 0.3) is 0 Å². The van der Waals surface area contributed by atoms with E-state index in [9.17, 15) is 4.79 Å². The fraction of sp³-hybridized carbons (Fsp3) is 0.375. The van der Waals surface area contributed by atoms with Gasteiger partial charge in [0, 0.05) is 22.1 Å². The van der Waals surface area contributed by atoms with Crippen molar-refractivity contribution in [1.29, 1.82) is 0 Å². The van der Waals surface area contributed by atoms with E-state index >= 15 is 0 Å². The van der Waals surface area contributed by atoms with Gasteiger partial charge in [0.05, 0.1) is 5.88 Å². The standard InChI is InChI=1S/C8H9IN2OS/c9-6-3-7(10-4-6)8(12)11-1-2-13-5-11/h3-4,10H,1-2,5H2. The Morgan fingerprint density at radius 1 is 1.69 bits per heavy atom. The van der Waals surface area contributed by atoms with Crippen LogP contribution in [0.1, 0.15) is 10.5 Å². The smallest absolute Gasteiger partial charge is 0.271 e. The summed E-state index contributed by atoms with van der Waals surface area (Å²) in [6.07, 6.45) is 1.84. The molecule has 1 aromatic heterocycles. The Bertz CT molecular complexity index is 320. The van der Waals surface area contributed by atoms with Crippen LogP contribution in [0.15, 0.2) is 12.3 Å². The summed E-state index contributed by atoms with van der Waals surface area (Å²) < 4.78 is 1.08. The number of halogens is 1. The number of carbonyl (C=O) groups is 1. The van der Waals surface area contributed by atoms with Gasteiger partial charge in [0.15, 0.2) is 0 Å². The van der Waals surface area contributed by atoms with Crippen molar-refractivity contribution in [2.75, 3.05) is 18.2 Å². The van der Waals surface area contributed by atoms with Gasteiger partial charge >= 0.3 is 0 Å². The molecular weight excluding hydrogens is 299 g/mol. The van der Waals surface area contributed by atoms with E-state index in [1.165, 1.54) is 0 Å². The Kier molecular flexibility index (Phi) is 2.83. The number of hydrogen-bond donors (Lipinski definition) is 1. The lowest BCUT2D eigenvalue weighted by Gasteiger charge is -2.12. The minimum atomic E-state index is 0.118. The van der Waals surface area contributed by atoms with E-state index in [2.05, 4.69) is 27.6 Å². The average molecular weight is 308 g/mol. The highest BCUT2D eigenvalue weighted by Crippen LogP contribution is 2.16. The second-order valence-corrected chi connectivity index (χ2v) is 5.16. The third-order valence-corrected chi connectivity index (χ3v) is 3.51. The Hall–Kier alpha value is -0.170. The molecule has 1 aliphatic rings. The van der Waals surface area contributed by atoms with E-state index in [4.69, 9.17) is 0 Å². The lowest BCUT2D eigenvalue weighted by Crippen LogP contribution is -2.27. The van der Waals surface area contributed by atoms with Crippen LogP contribution in [0, 0.1) is 3.57 Å². The predicted octanol–water partition coefficient (Wildman–Crippen LogP) is 1.77. The van der Waals surface area contributed by atoms with Gasteiger partial charge in [-0.15, -0.1) is 11.8 Å². The highest BCUT2D eigenvalue weighted by Gasteiger charge is 2.20. The van der Waals surface area contributed by atoms with Crippen molar-refractivity contribution in [3.05, 3.63) is 21.5 Å². The fourth-order valence-electron chi connectivity index (χ4n) is 1.24. The maximum atomic E-state index is 11.7. The van der Waals surface area contributed by atoms with Gasteiger partial charge in [-0.1, -0.05) is 0 Å². The predicted molar refractivity (Wildman–Crippen MR) is 61.9 cm³/mol. The van der Waals surface area contributed by atoms with Gasteiger partial charge in [-0.25, -0.2) is 0 Å². The van der Waals surface area contributed by atoms with E-state index < -0.39 is 0 Å². The molecule has 1 aliphatic heterocycles. The quantitative estimate of drug-likeness (QED) is 0.803. The maximum absolute atomic E-state index is 11.7. The first-order valence-electron chi connectivity index (χ1n) is 3.98. The average Bonchev–Trinajstić information content (AvgIpc) is 2.72. The van der Waals surface area contributed by atoms with Crippen LogP contribution in [0.2, 0.25) is 0 Å². The molecule has 1 saturated heterocycles. The number of hydrogen-bond acceptors (Lipinski definition) is 2. The summed E-state index contributed by atoms with van der Waals surface area (Å²) >= 11 is 3.99. The van der Waals surface area contributed by atoms with Crippen molar-refractivity contribution >= 4 is 40.3 Å². The number of amides is 1. The highest BCUT2D eigenvalue weighted by molar-refractivity contribution is 14.1. The molecule has 2 heterocycles. The molecule has 0 aliphatic carbocycles. The lowest BCUT2D eigenvalue weighted by molar-refractivity contribution is 0.0797. The second-order valence-electron chi connectivity index (χ2n) is 2.84. The van der Waals surface area contributed by atoms with Gasteiger partial charge in [-0.2, -0.15) is 0 Å². The van der Waals surface area contributed by atoms with Crippen LogP contribution in [0.3, 0.4) is 0 Å². The molecule has 0 aromatic carbocycles. The van der Waals surface area contributed by atoms with Crippen LogP contribution in [0.5, 0.6) is 0 Å². The molecule has 0 atom stereocenters. The molecule has 0 unspecified atom stereocenters. The van der Waals surface area contributed by atoms with Crippen LogP contribution in [-0.4, -0.2) is 34.0 Å². The molecule has 1 N–H and O–H groups in total. The van der Waals surface area contributed by atoms with Gasteiger partial charge in [0.25, 0.3) is 5.91 Å². The molecule has 1 amide bonds. The molecule has 70 valence electrons. The first-order chi connectivity index (χ1) is 6.27. The zero-order valence-electron chi connectivity index (χ0n) is 6.92. The largest absolute Gasteiger partial charge is 0.356 e. The molecule has 13 heavy (non-hydrogen) atoms. The monoisotopic (exact) mass is 308 g/mol. The Morgan fingerprint density at radius 3 is 3.08 bits per heavy atom. The van der Waals surface area contributed by atoms with Crippen LogP contribution < -0.4 is 0 Å². The molecule has 2 rings (SSSR count). The minimum absolute atomic E-state index is 0.118. The summed E-state index contributed by atoms with van der Waals surface area (Å²) in [5.74, 6) is 2.01. The van der Waals surface area contributed by atoms with Gasteiger partial charge in [0.2, 0.25) is 0 Å². The third kappa shape index (κ3) is 2.01.